The van der Waals surface area contributed by atoms with Gasteiger partial charge in [-0.2, -0.15) is 0 Å². The third-order valence-electron chi connectivity index (χ3n) is 3.93. The molecule has 2 rings (SSSR count). The first-order chi connectivity index (χ1) is 11.1. The highest BCUT2D eigenvalue weighted by Gasteiger charge is 2.23. The standard InChI is InChI=1S/C17H26N4OS/c1-19(2)10-6-9-18-17(23)21-13-11-20(12-14-21)16(22)15-7-4-3-5-8-15/h3-5,7-8H,6,9-14H2,1-2H3,(H,18,23). The molecule has 1 aliphatic heterocycles. The first kappa shape index (κ1) is 17.7. The average molecular weight is 334 g/mol. The van der Waals surface area contributed by atoms with E-state index in [9.17, 15) is 4.79 Å². The molecule has 1 aromatic rings. The van der Waals surface area contributed by atoms with Crippen molar-refractivity contribution in [2.45, 2.75) is 6.42 Å². The molecule has 1 N–H and O–H groups in total. The highest BCUT2D eigenvalue weighted by atomic mass is 32.1. The second kappa shape index (κ2) is 8.84. The van der Waals surface area contributed by atoms with Gasteiger partial charge in [-0.15, -0.1) is 0 Å². The average Bonchev–Trinajstić information content (AvgIpc) is 2.58. The topological polar surface area (TPSA) is 38.8 Å². The van der Waals surface area contributed by atoms with Gasteiger partial charge in [-0.05, 0) is 51.4 Å². The van der Waals surface area contributed by atoms with Gasteiger partial charge in [0.25, 0.3) is 5.91 Å². The Morgan fingerprint density at radius 1 is 1.13 bits per heavy atom. The minimum atomic E-state index is 0.107. The molecule has 0 radical (unpaired) electrons. The van der Waals surface area contributed by atoms with Crippen LogP contribution in [0.4, 0.5) is 0 Å². The summed E-state index contributed by atoms with van der Waals surface area (Å²) in [4.78, 5) is 18.6. The van der Waals surface area contributed by atoms with Crippen LogP contribution < -0.4 is 5.32 Å². The van der Waals surface area contributed by atoms with Gasteiger partial charge in [0.05, 0.1) is 0 Å². The molecule has 0 unspecified atom stereocenters. The number of benzene rings is 1. The molecule has 1 aliphatic rings. The van der Waals surface area contributed by atoms with Gasteiger partial charge < -0.3 is 20.0 Å². The Kier molecular flexibility index (Phi) is 6.80. The molecule has 1 saturated heterocycles. The Balaban J connectivity index is 1.73. The molecule has 1 amide bonds. The molecule has 1 fully saturated rings. The van der Waals surface area contributed by atoms with Gasteiger partial charge in [0.1, 0.15) is 0 Å². The molecule has 0 aliphatic carbocycles. The third-order valence-corrected chi connectivity index (χ3v) is 4.34. The highest BCUT2D eigenvalue weighted by Crippen LogP contribution is 2.09. The van der Waals surface area contributed by atoms with Gasteiger partial charge in [0.2, 0.25) is 0 Å². The number of nitrogens with one attached hydrogen (secondary N) is 1. The summed E-state index contributed by atoms with van der Waals surface area (Å²) in [5.74, 6) is 0.107. The summed E-state index contributed by atoms with van der Waals surface area (Å²) in [5.41, 5.74) is 0.755. The first-order valence-electron chi connectivity index (χ1n) is 8.10. The van der Waals surface area contributed by atoms with E-state index in [0.717, 1.165) is 43.3 Å². The molecule has 0 bridgehead atoms. The van der Waals surface area contributed by atoms with Crippen LogP contribution in [0.3, 0.4) is 0 Å². The zero-order valence-corrected chi connectivity index (χ0v) is 14.8. The Hall–Kier alpha value is -1.66. The van der Waals surface area contributed by atoms with Crippen molar-refractivity contribution in [2.24, 2.45) is 0 Å². The molecule has 0 aromatic heterocycles. The Bertz CT molecular complexity index is 513. The number of amides is 1. The summed E-state index contributed by atoms with van der Waals surface area (Å²) < 4.78 is 0. The lowest BCUT2D eigenvalue weighted by atomic mass is 10.2. The molecule has 1 heterocycles. The third kappa shape index (κ3) is 5.48. The summed E-state index contributed by atoms with van der Waals surface area (Å²) in [7, 11) is 4.14. The summed E-state index contributed by atoms with van der Waals surface area (Å²) in [6.45, 7) is 4.95. The molecule has 0 atom stereocenters. The van der Waals surface area contributed by atoms with Gasteiger partial charge >= 0.3 is 0 Å². The van der Waals surface area contributed by atoms with E-state index in [1.165, 1.54) is 0 Å². The zero-order valence-electron chi connectivity index (χ0n) is 14.0. The largest absolute Gasteiger partial charge is 0.363 e. The molecule has 126 valence electrons. The quantitative estimate of drug-likeness (QED) is 0.649. The number of thiocarbonyl (C=S) groups is 1. The minimum Gasteiger partial charge on any atom is -0.363 e. The predicted octanol–water partition coefficient (Wildman–Crippen LogP) is 1.27. The molecule has 1 aromatic carbocycles. The smallest absolute Gasteiger partial charge is 0.253 e. The Morgan fingerprint density at radius 3 is 2.35 bits per heavy atom. The van der Waals surface area contributed by atoms with E-state index in [1.807, 2.05) is 35.2 Å². The second-order valence-electron chi connectivity index (χ2n) is 6.03. The zero-order chi connectivity index (χ0) is 16.7. The predicted molar refractivity (Wildman–Crippen MR) is 97.7 cm³/mol. The molecular formula is C17H26N4OS. The van der Waals surface area contributed by atoms with Crippen LogP contribution in [-0.2, 0) is 0 Å². The highest BCUT2D eigenvalue weighted by molar-refractivity contribution is 7.80. The number of nitrogens with zero attached hydrogens (tertiary/aromatic N) is 3. The van der Waals surface area contributed by atoms with Crippen LogP contribution in [0.25, 0.3) is 0 Å². The van der Waals surface area contributed by atoms with Crippen LogP contribution in [0.5, 0.6) is 0 Å². The molecule has 0 spiro atoms. The Labute approximate surface area is 144 Å². The maximum atomic E-state index is 12.4. The van der Waals surface area contributed by atoms with Crippen LogP contribution in [0.1, 0.15) is 16.8 Å². The van der Waals surface area contributed by atoms with E-state index in [4.69, 9.17) is 12.2 Å². The lowest BCUT2D eigenvalue weighted by Gasteiger charge is -2.36. The normalized spacial score (nSPS) is 14.9. The van der Waals surface area contributed by atoms with Crippen molar-refractivity contribution in [3.05, 3.63) is 35.9 Å². The summed E-state index contributed by atoms with van der Waals surface area (Å²) in [6, 6.07) is 9.46. The van der Waals surface area contributed by atoms with Gasteiger partial charge in [0, 0.05) is 38.3 Å². The SMILES string of the molecule is CN(C)CCCNC(=S)N1CCN(C(=O)c2ccccc2)CC1. The fourth-order valence-corrected chi connectivity index (χ4v) is 2.86. The van der Waals surface area contributed by atoms with Crippen LogP contribution in [0.2, 0.25) is 0 Å². The maximum Gasteiger partial charge on any atom is 0.253 e. The molecule has 5 nitrogen and oxygen atoms in total. The van der Waals surface area contributed by atoms with Crippen molar-refractivity contribution in [1.82, 2.24) is 20.0 Å². The van der Waals surface area contributed by atoms with Crippen molar-refractivity contribution in [1.29, 1.82) is 0 Å². The number of carbonyl (C=O) groups excluding carboxylic acids is 1. The summed E-state index contributed by atoms with van der Waals surface area (Å²) >= 11 is 5.45. The number of hydrogen-bond donors (Lipinski definition) is 1. The van der Waals surface area contributed by atoms with Gasteiger partial charge in [-0.3, -0.25) is 4.79 Å². The van der Waals surface area contributed by atoms with Crippen LogP contribution in [0.15, 0.2) is 30.3 Å². The Morgan fingerprint density at radius 2 is 1.74 bits per heavy atom. The fraction of sp³-hybridized carbons (Fsp3) is 0.529. The van der Waals surface area contributed by atoms with E-state index in [1.54, 1.807) is 0 Å². The molecule has 0 saturated carbocycles. The monoisotopic (exact) mass is 334 g/mol. The van der Waals surface area contributed by atoms with E-state index in [0.29, 0.717) is 13.1 Å². The van der Waals surface area contributed by atoms with E-state index in [2.05, 4.69) is 29.2 Å². The molecular weight excluding hydrogens is 308 g/mol. The first-order valence-corrected chi connectivity index (χ1v) is 8.50. The lowest BCUT2D eigenvalue weighted by molar-refractivity contribution is 0.0691. The number of carbonyl (C=O) groups is 1. The van der Waals surface area contributed by atoms with Crippen molar-refractivity contribution < 1.29 is 4.79 Å². The summed E-state index contributed by atoms with van der Waals surface area (Å²) in [5, 5.41) is 4.11. The van der Waals surface area contributed by atoms with E-state index >= 15 is 0 Å². The number of piperazine rings is 1. The second-order valence-corrected chi connectivity index (χ2v) is 6.42. The van der Waals surface area contributed by atoms with Gasteiger partial charge in [0.15, 0.2) is 5.11 Å². The van der Waals surface area contributed by atoms with Gasteiger partial charge in [-0.25, -0.2) is 0 Å². The van der Waals surface area contributed by atoms with E-state index < -0.39 is 0 Å². The minimum absolute atomic E-state index is 0.107. The fourth-order valence-electron chi connectivity index (χ4n) is 2.58. The van der Waals surface area contributed by atoms with Crippen molar-refractivity contribution in [2.75, 3.05) is 53.4 Å². The number of hydrogen-bond acceptors (Lipinski definition) is 3. The van der Waals surface area contributed by atoms with Crippen molar-refractivity contribution in [3.8, 4) is 0 Å². The maximum absolute atomic E-state index is 12.4. The van der Waals surface area contributed by atoms with Crippen LogP contribution >= 0.6 is 12.2 Å². The lowest BCUT2D eigenvalue weighted by Crippen LogP contribution is -2.53. The molecule has 6 heteroatoms. The van der Waals surface area contributed by atoms with Crippen LogP contribution in [-0.4, -0.2) is 79.1 Å². The van der Waals surface area contributed by atoms with Crippen molar-refractivity contribution in [3.63, 3.8) is 0 Å². The van der Waals surface area contributed by atoms with Gasteiger partial charge in [-0.1, -0.05) is 18.2 Å². The van der Waals surface area contributed by atoms with Crippen LogP contribution in [0, 0.1) is 0 Å². The number of rotatable bonds is 5. The van der Waals surface area contributed by atoms with Crippen molar-refractivity contribution >= 4 is 23.2 Å². The molecule has 23 heavy (non-hydrogen) atoms. The van der Waals surface area contributed by atoms with E-state index in [-0.39, 0.29) is 5.91 Å². The summed E-state index contributed by atoms with van der Waals surface area (Å²) in [6.07, 6.45) is 1.07.